The van der Waals surface area contributed by atoms with E-state index in [9.17, 15) is 26.7 Å². The Morgan fingerprint density at radius 2 is 1.76 bits per heavy atom. The molecule has 0 aromatic heterocycles. The van der Waals surface area contributed by atoms with Crippen LogP contribution in [0.4, 0.5) is 13.2 Å². The van der Waals surface area contributed by atoms with Gasteiger partial charge in [0.25, 0.3) is 0 Å². The number of benzene rings is 2. The Bertz CT molecular complexity index is 823. The van der Waals surface area contributed by atoms with Crippen LogP contribution >= 0.6 is 11.6 Å². The van der Waals surface area contributed by atoms with Crippen molar-refractivity contribution in [3.63, 3.8) is 0 Å². The minimum atomic E-state index is -4.53. The quantitative estimate of drug-likeness (QED) is 0.785. The first-order chi connectivity index (χ1) is 11.6. The molecule has 0 heterocycles. The van der Waals surface area contributed by atoms with Gasteiger partial charge in [-0.3, -0.25) is 0 Å². The van der Waals surface area contributed by atoms with E-state index in [2.05, 4.69) is 4.72 Å². The molecule has 2 rings (SSSR count). The molecule has 0 aliphatic heterocycles. The maximum absolute atomic E-state index is 12.5. The number of nitrogens with one attached hydrogen (secondary N) is 1. The third-order valence-electron chi connectivity index (χ3n) is 3.44. The summed E-state index contributed by atoms with van der Waals surface area (Å²) in [6.07, 6.45) is -5.37. The Kier molecular flexibility index (Phi) is 6.10. The topological polar surface area (TPSA) is 66.4 Å². The average molecular weight is 394 g/mol. The Hall–Kier alpha value is -1.61. The summed E-state index contributed by atoms with van der Waals surface area (Å²) in [7, 11) is -3.96. The summed E-state index contributed by atoms with van der Waals surface area (Å²) in [5.41, 5.74) is -0.385. The van der Waals surface area contributed by atoms with Crippen LogP contribution in [-0.2, 0) is 16.2 Å². The van der Waals surface area contributed by atoms with Gasteiger partial charge in [-0.1, -0.05) is 23.7 Å². The van der Waals surface area contributed by atoms with Gasteiger partial charge in [-0.15, -0.1) is 0 Å². The molecule has 0 bridgehead atoms. The molecule has 1 atom stereocenters. The van der Waals surface area contributed by atoms with Gasteiger partial charge in [-0.05, 0) is 48.4 Å². The third-order valence-corrected chi connectivity index (χ3v) is 5.15. The zero-order chi connectivity index (χ0) is 18.7. The van der Waals surface area contributed by atoms with Crippen molar-refractivity contribution in [2.24, 2.45) is 0 Å². The van der Waals surface area contributed by atoms with Crippen molar-refractivity contribution in [3.05, 3.63) is 64.7 Å². The van der Waals surface area contributed by atoms with Crippen molar-refractivity contribution in [2.75, 3.05) is 6.54 Å². The highest BCUT2D eigenvalue weighted by molar-refractivity contribution is 7.89. The van der Waals surface area contributed by atoms with E-state index >= 15 is 0 Å². The lowest BCUT2D eigenvalue weighted by atomic mass is 10.1. The van der Waals surface area contributed by atoms with Crippen molar-refractivity contribution in [1.29, 1.82) is 0 Å². The zero-order valence-corrected chi connectivity index (χ0v) is 14.4. The number of rotatable bonds is 6. The molecule has 0 aliphatic carbocycles. The molecule has 0 saturated carbocycles. The molecule has 0 unspecified atom stereocenters. The molecule has 2 aromatic carbocycles. The van der Waals surface area contributed by atoms with Crippen LogP contribution in [-0.4, -0.2) is 20.1 Å². The molecule has 0 amide bonds. The smallest absolute Gasteiger partial charge is 0.388 e. The Morgan fingerprint density at radius 1 is 1.12 bits per heavy atom. The van der Waals surface area contributed by atoms with E-state index in [1.165, 1.54) is 0 Å². The predicted octanol–water partition coefficient (Wildman–Crippen LogP) is 3.76. The van der Waals surface area contributed by atoms with Gasteiger partial charge in [0.2, 0.25) is 10.0 Å². The molecule has 2 N–H and O–H groups in total. The fourth-order valence-corrected chi connectivity index (χ4v) is 3.36. The SMILES string of the molecule is O=S(=O)(NCC[C@H](O)c1cccc(Cl)c1)c1ccc(C(F)(F)F)cc1. The maximum atomic E-state index is 12.5. The van der Waals surface area contributed by atoms with Gasteiger partial charge in [-0.2, -0.15) is 13.2 Å². The summed E-state index contributed by atoms with van der Waals surface area (Å²) in [4.78, 5) is -0.280. The van der Waals surface area contributed by atoms with Crippen LogP contribution in [0.2, 0.25) is 5.02 Å². The molecule has 0 aliphatic rings. The summed E-state index contributed by atoms with van der Waals surface area (Å²) in [6, 6.07) is 9.71. The van der Waals surface area contributed by atoms with Gasteiger partial charge >= 0.3 is 6.18 Å². The Balaban J connectivity index is 1.97. The number of alkyl halides is 3. The van der Waals surface area contributed by atoms with Crippen molar-refractivity contribution < 1.29 is 26.7 Å². The molecular formula is C16H15ClF3NO3S. The number of halogens is 4. The Morgan fingerprint density at radius 3 is 2.32 bits per heavy atom. The summed E-state index contributed by atoms with van der Waals surface area (Å²) >= 11 is 5.82. The molecule has 0 spiro atoms. The van der Waals surface area contributed by atoms with Gasteiger partial charge in [0.05, 0.1) is 16.6 Å². The summed E-state index contributed by atoms with van der Waals surface area (Å²) < 4.78 is 63.9. The minimum absolute atomic E-state index is 0.0835. The normalized spacial score (nSPS) is 13.6. The van der Waals surface area contributed by atoms with E-state index in [0.717, 1.165) is 12.1 Å². The molecule has 9 heteroatoms. The lowest BCUT2D eigenvalue weighted by Crippen LogP contribution is -2.26. The maximum Gasteiger partial charge on any atom is 0.416 e. The van der Waals surface area contributed by atoms with Crippen LogP contribution in [0.5, 0.6) is 0 Å². The molecule has 0 radical (unpaired) electrons. The van der Waals surface area contributed by atoms with Crippen LogP contribution in [0.1, 0.15) is 23.7 Å². The fraction of sp³-hybridized carbons (Fsp3) is 0.250. The monoisotopic (exact) mass is 393 g/mol. The van der Waals surface area contributed by atoms with E-state index < -0.39 is 27.9 Å². The number of aliphatic hydroxyl groups is 1. The second-order valence-electron chi connectivity index (χ2n) is 5.28. The lowest BCUT2D eigenvalue weighted by Gasteiger charge is -2.13. The fourth-order valence-electron chi connectivity index (χ4n) is 2.12. The molecule has 0 saturated heterocycles. The van der Waals surface area contributed by atoms with E-state index in [1.807, 2.05) is 0 Å². The second kappa shape index (κ2) is 7.74. The van der Waals surface area contributed by atoms with E-state index in [4.69, 9.17) is 11.6 Å². The van der Waals surface area contributed by atoms with E-state index in [1.54, 1.807) is 24.3 Å². The van der Waals surface area contributed by atoms with Gasteiger partial charge in [0, 0.05) is 11.6 Å². The van der Waals surface area contributed by atoms with Crippen LogP contribution in [0.25, 0.3) is 0 Å². The lowest BCUT2D eigenvalue weighted by molar-refractivity contribution is -0.137. The minimum Gasteiger partial charge on any atom is -0.388 e. The van der Waals surface area contributed by atoms with Crippen molar-refractivity contribution in [3.8, 4) is 0 Å². The first kappa shape index (κ1) is 19.7. The van der Waals surface area contributed by atoms with Crippen LogP contribution in [0, 0.1) is 0 Å². The van der Waals surface area contributed by atoms with Crippen LogP contribution in [0.3, 0.4) is 0 Å². The molecule has 0 fully saturated rings. The standard InChI is InChI=1S/C16H15ClF3NO3S/c17-13-3-1-2-11(10-13)15(22)8-9-21-25(23,24)14-6-4-12(5-7-14)16(18,19)20/h1-7,10,15,21-22H,8-9H2/t15-/m0/s1. The zero-order valence-electron chi connectivity index (χ0n) is 12.8. The average Bonchev–Trinajstić information content (AvgIpc) is 2.54. The van der Waals surface area contributed by atoms with Gasteiger partial charge < -0.3 is 5.11 Å². The highest BCUT2D eigenvalue weighted by Crippen LogP contribution is 2.29. The van der Waals surface area contributed by atoms with Crippen LogP contribution < -0.4 is 4.72 Å². The molecular weight excluding hydrogens is 379 g/mol. The third kappa shape index (κ3) is 5.43. The largest absolute Gasteiger partial charge is 0.416 e. The van der Waals surface area contributed by atoms with Crippen molar-refractivity contribution in [2.45, 2.75) is 23.6 Å². The molecule has 2 aromatic rings. The second-order valence-corrected chi connectivity index (χ2v) is 7.48. The first-order valence-electron chi connectivity index (χ1n) is 7.20. The molecule has 25 heavy (non-hydrogen) atoms. The van der Waals surface area contributed by atoms with Crippen molar-refractivity contribution in [1.82, 2.24) is 4.72 Å². The van der Waals surface area contributed by atoms with E-state index in [-0.39, 0.29) is 17.9 Å². The predicted molar refractivity (Wildman–Crippen MR) is 87.7 cm³/mol. The summed E-state index contributed by atoms with van der Waals surface area (Å²) in [6.45, 7) is -0.0863. The molecule has 4 nitrogen and oxygen atoms in total. The van der Waals surface area contributed by atoms with Gasteiger partial charge in [0.15, 0.2) is 0 Å². The van der Waals surface area contributed by atoms with Crippen LogP contribution in [0.15, 0.2) is 53.4 Å². The van der Waals surface area contributed by atoms with Gasteiger partial charge in [-0.25, -0.2) is 13.1 Å². The molecule has 136 valence electrons. The summed E-state index contributed by atoms with van der Waals surface area (Å²) in [5.74, 6) is 0. The number of aliphatic hydroxyl groups excluding tert-OH is 1. The highest BCUT2D eigenvalue weighted by atomic mass is 35.5. The Labute approximate surface area is 148 Å². The summed E-state index contributed by atoms with van der Waals surface area (Å²) in [5, 5.41) is 10.5. The highest BCUT2D eigenvalue weighted by Gasteiger charge is 2.30. The van der Waals surface area contributed by atoms with Gasteiger partial charge in [0.1, 0.15) is 0 Å². The first-order valence-corrected chi connectivity index (χ1v) is 9.06. The number of hydrogen-bond donors (Lipinski definition) is 2. The number of hydrogen-bond acceptors (Lipinski definition) is 3. The van der Waals surface area contributed by atoms with Crippen molar-refractivity contribution >= 4 is 21.6 Å². The number of sulfonamides is 1. The van der Waals surface area contributed by atoms with E-state index in [0.29, 0.717) is 22.7 Å².